The summed E-state index contributed by atoms with van der Waals surface area (Å²) in [5.41, 5.74) is 0. The Balaban J connectivity index is 1.78. The van der Waals surface area contributed by atoms with Crippen molar-refractivity contribution in [3.63, 3.8) is 0 Å². The third kappa shape index (κ3) is 2.11. The molecule has 1 N–H and O–H groups in total. The monoisotopic (exact) mass is 196 g/mol. The van der Waals surface area contributed by atoms with Crippen LogP contribution in [0, 0.1) is 0 Å². The summed E-state index contributed by atoms with van der Waals surface area (Å²) in [5, 5.41) is 6.19. The van der Waals surface area contributed by atoms with Gasteiger partial charge in [0.2, 0.25) is 5.76 Å². The summed E-state index contributed by atoms with van der Waals surface area (Å²) in [6.45, 7) is 1.34. The topological polar surface area (TPSA) is 64.4 Å². The van der Waals surface area contributed by atoms with Crippen LogP contribution in [0.1, 0.15) is 23.4 Å². The fourth-order valence-corrected chi connectivity index (χ4v) is 1.43. The van der Waals surface area contributed by atoms with Gasteiger partial charge in [0.15, 0.2) is 0 Å². The number of hydrogen-bond acceptors (Lipinski definition) is 4. The predicted octanol–water partition coefficient (Wildman–Crippen LogP) is 0.583. The van der Waals surface area contributed by atoms with E-state index in [1.165, 1.54) is 12.3 Å². The molecular weight excluding hydrogens is 184 g/mol. The maximum atomic E-state index is 11.4. The van der Waals surface area contributed by atoms with Crippen LogP contribution in [-0.2, 0) is 4.74 Å². The van der Waals surface area contributed by atoms with Gasteiger partial charge in [0.25, 0.3) is 5.91 Å². The van der Waals surface area contributed by atoms with E-state index in [1.807, 2.05) is 0 Å². The summed E-state index contributed by atoms with van der Waals surface area (Å²) >= 11 is 0. The molecule has 1 amide bonds. The molecule has 76 valence electrons. The first kappa shape index (κ1) is 9.21. The smallest absolute Gasteiger partial charge is 0.289 e. The third-order valence-corrected chi connectivity index (χ3v) is 2.18. The molecule has 1 atom stereocenters. The molecule has 1 aliphatic rings. The Bertz CT molecular complexity index is 291. The first-order valence-electron chi connectivity index (χ1n) is 4.67. The molecule has 0 spiro atoms. The van der Waals surface area contributed by atoms with Crippen molar-refractivity contribution in [2.75, 3.05) is 13.2 Å². The van der Waals surface area contributed by atoms with Crippen LogP contribution in [0.2, 0.25) is 0 Å². The molecule has 0 bridgehead atoms. The summed E-state index contributed by atoms with van der Waals surface area (Å²) in [4.78, 5) is 11.4. The molecular formula is C9H12N2O3. The van der Waals surface area contributed by atoms with Crippen LogP contribution >= 0.6 is 0 Å². The number of carbonyl (C=O) groups is 1. The van der Waals surface area contributed by atoms with Gasteiger partial charge in [0.05, 0.1) is 12.3 Å². The van der Waals surface area contributed by atoms with Crippen LogP contribution < -0.4 is 5.32 Å². The summed E-state index contributed by atoms with van der Waals surface area (Å²) in [6, 6.07) is 1.53. The Labute approximate surface area is 81.4 Å². The zero-order valence-electron chi connectivity index (χ0n) is 7.73. The van der Waals surface area contributed by atoms with Crippen molar-refractivity contribution in [2.45, 2.75) is 18.9 Å². The van der Waals surface area contributed by atoms with E-state index in [0.29, 0.717) is 6.54 Å². The van der Waals surface area contributed by atoms with Gasteiger partial charge in [-0.25, -0.2) is 0 Å². The molecule has 1 saturated heterocycles. The van der Waals surface area contributed by atoms with Crippen molar-refractivity contribution in [3.05, 3.63) is 18.0 Å². The van der Waals surface area contributed by atoms with Crippen LogP contribution in [0.15, 0.2) is 16.8 Å². The lowest BCUT2D eigenvalue weighted by Gasteiger charge is -2.08. The van der Waals surface area contributed by atoms with E-state index in [9.17, 15) is 4.79 Å². The lowest BCUT2D eigenvalue weighted by Crippen LogP contribution is -2.31. The fourth-order valence-electron chi connectivity index (χ4n) is 1.43. The van der Waals surface area contributed by atoms with Gasteiger partial charge in [-0.1, -0.05) is 5.16 Å². The largest absolute Gasteiger partial charge is 0.376 e. The molecule has 1 unspecified atom stereocenters. The van der Waals surface area contributed by atoms with E-state index >= 15 is 0 Å². The molecule has 2 heterocycles. The molecule has 0 saturated carbocycles. The molecule has 5 nitrogen and oxygen atoms in total. The van der Waals surface area contributed by atoms with Gasteiger partial charge in [-0.15, -0.1) is 0 Å². The van der Waals surface area contributed by atoms with Crippen LogP contribution in [0.5, 0.6) is 0 Å². The minimum atomic E-state index is -0.238. The Morgan fingerprint density at radius 2 is 2.64 bits per heavy atom. The fraction of sp³-hybridized carbons (Fsp3) is 0.556. The number of ether oxygens (including phenoxy) is 1. The average molecular weight is 196 g/mol. The van der Waals surface area contributed by atoms with Crippen molar-refractivity contribution in [2.24, 2.45) is 0 Å². The number of amides is 1. The maximum absolute atomic E-state index is 11.4. The number of rotatable bonds is 3. The van der Waals surface area contributed by atoms with Gasteiger partial charge in [0.1, 0.15) is 0 Å². The molecule has 0 radical (unpaired) electrons. The lowest BCUT2D eigenvalue weighted by molar-refractivity contribution is 0.0828. The molecule has 1 aromatic rings. The zero-order valence-corrected chi connectivity index (χ0v) is 7.73. The number of carbonyl (C=O) groups excluding carboxylic acids is 1. The quantitative estimate of drug-likeness (QED) is 0.768. The van der Waals surface area contributed by atoms with Gasteiger partial charge < -0.3 is 14.6 Å². The van der Waals surface area contributed by atoms with E-state index in [4.69, 9.17) is 9.26 Å². The second-order valence-corrected chi connectivity index (χ2v) is 3.22. The summed E-state index contributed by atoms with van der Waals surface area (Å²) < 4.78 is 10.1. The average Bonchev–Trinajstić information content (AvgIpc) is 2.87. The van der Waals surface area contributed by atoms with Crippen LogP contribution in [0.3, 0.4) is 0 Å². The van der Waals surface area contributed by atoms with E-state index in [2.05, 4.69) is 10.5 Å². The number of nitrogens with one attached hydrogen (secondary N) is 1. The second kappa shape index (κ2) is 4.23. The number of aromatic nitrogens is 1. The number of nitrogens with zero attached hydrogens (tertiary/aromatic N) is 1. The maximum Gasteiger partial charge on any atom is 0.289 e. The Morgan fingerprint density at radius 1 is 1.71 bits per heavy atom. The Kier molecular flexibility index (Phi) is 2.78. The summed E-state index contributed by atoms with van der Waals surface area (Å²) in [6.07, 6.45) is 3.68. The van der Waals surface area contributed by atoms with Crippen molar-refractivity contribution in [1.29, 1.82) is 0 Å². The molecule has 0 aliphatic carbocycles. The standard InChI is InChI=1S/C9H12N2O3/c12-9(8-3-4-11-14-8)10-6-7-2-1-5-13-7/h3-4,7H,1-2,5-6H2,(H,10,12). The van der Waals surface area contributed by atoms with Gasteiger partial charge >= 0.3 is 0 Å². The molecule has 1 aliphatic heterocycles. The first-order chi connectivity index (χ1) is 6.86. The van der Waals surface area contributed by atoms with Gasteiger partial charge in [-0.2, -0.15) is 0 Å². The SMILES string of the molecule is O=C(NCC1CCCO1)c1ccno1. The van der Waals surface area contributed by atoms with Crippen molar-refractivity contribution < 1.29 is 14.1 Å². The van der Waals surface area contributed by atoms with E-state index in [0.717, 1.165) is 19.4 Å². The molecule has 14 heavy (non-hydrogen) atoms. The number of hydrogen-bond donors (Lipinski definition) is 1. The Hall–Kier alpha value is -1.36. The van der Waals surface area contributed by atoms with Crippen LogP contribution in [0.25, 0.3) is 0 Å². The van der Waals surface area contributed by atoms with Crippen LogP contribution in [0.4, 0.5) is 0 Å². The molecule has 0 aromatic carbocycles. The zero-order chi connectivity index (χ0) is 9.80. The van der Waals surface area contributed by atoms with E-state index in [-0.39, 0.29) is 17.8 Å². The normalized spacial score (nSPS) is 21.0. The van der Waals surface area contributed by atoms with E-state index in [1.54, 1.807) is 0 Å². The second-order valence-electron chi connectivity index (χ2n) is 3.22. The van der Waals surface area contributed by atoms with Crippen LogP contribution in [-0.4, -0.2) is 30.3 Å². The molecule has 2 rings (SSSR count). The predicted molar refractivity (Wildman–Crippen MR) is 47.8 cm³/mol. The highest BCUT2D eigenvalue weighted by Crippen LogP contribution is 2.10. The third-order valence-electron chi connectivity index (χ3n) is 2.18. The van der Waals surface area contributed by atoms with Gasteiger partial charge in [0, 0.05) is 19.2 Å². The minimum Gasteiger partial charge on any atom is -0.376 e. The van der Waals surface area contributed by atoms with Gasteiger partial charge in [-0.3, -0.25) is 4.79 Å². The molecule has 5 heteroatoms. The van der Waals surface area contributed by atoms with Gasteiger partial charge in [-0.05, 0) is 12.8 Å². The summed E-state index contributed by atoms with van der Waals surface area (Å²) in [5.74, 6) is 0.000923. The van der Waals surface area contributed by atoms with Crippen molar-refractivity contribution in [3.8, 4) is 0 Å². The Morgan fingerprint density at radius 3 is 3.29 bits per heavy atom. The highest BCUT2D eigenvalue weighted by Gasteiger charge is 2.17. The molecule has 1 aromatic heterocycles. The first-order valence-corrected chi connectivity index (χ1v) is 4.67. The minimum absolute atomic E-state index is 0.155. The van der Waals surface area contributed by atoms with E-state index < -0.39 is 0 Å². The lowest BCUT2D eigenvalue weighted by atomic mass is 10.2. The summed E-state index contributed by atoms with van der Waals surface area (Å²) in [7, 11) is 0. The molecule has 1 fully saturated rings. The highest BCUT2D eigenvalue weighted by atomic mass is 16.5. The van der Waals surface area contributed by atoms with Crippen molar-refractivity contribution in [1.82, 2.24) is 10.5 Å². The van der Waals surface area contributed by atoms with Crippen molar-refractivity contribution >= 4 is 5.91 Å². The highest BCUT2D eigenvalue weighted by molar-refractivity contribution is 5.91.